The van der Waals surface area contributed by atoms with Crippen molar-refractivity contribution < 1.29 is 9.52 Å². The first-order valence-electron chi connectivity index (χ1n) is 5.55. The molecule has 3 aromatic rings. The fraction of sp³-hybridized carbons (Fsp3) is 0.0667. The summed E-state index contributed by atoms with van der Waals surface area (Å²) in [4.78, 5) is 0. The molecule has 0 saturated carbocycles. The van der Waals surface area contributed by atoms with Crippen LogP contribution in [0.25, 0.3) is 10.8 Å². The minimum atomic E-state index is -0.712. The summed E-state index contributed by atoms with van der Waals surface area (Å²) < 4.78 is 5.25. The van der Waals surface area contributed by atoms with E-state index in [1.807, 2.05) is 42.5 Å². The summed E-state index contributed by atoms with van der Waals surface area (Å²) in [6.07, 6.45) is 0.861. The third kappa shape index (κ3) is 1.73. The molecule has 1 atom stereocenters. The van der Waals surface area contributed by atoms with Crippen molar-refractivity contribution in [1.29, 1.82) is 0 Å². The SMILES string of the molecule is OC(c1ccco1)c1cccc2ccccc12. The number of aliphatic hydroxyl groups excluding tert-OH is 1. The molecule has 84 valence electrons. The summed E-state index contributed by atoms with van der Waals surface area (Å²) >= 11 is 0. The minimum absolute atomic E-state index is 0.571. The second-order valence-corrected chi connectivity index (χ2v) is 3.99. The number of hydrogen-bond acceptors (Lipinski definition) is 2. The van der Waals surface area contributed by atoms with Gasteiger partial charge in [0.05, 0.1) is 6.26 Å². The van der Waals surface area contributed by atoms with E-state index in [2.05, 4.69) is 0 Å². The van der Waals surface area contributed by atoms with Gasteiger partial charge in [0, 0.05) is 0 Å². The molecule has 0 radical (unpaired) electrons. The molecule has 1 unspecified atom stereocenters. The van der Waals surface area contributed by atoms with Gasteiger partial charge < -0.3 is 9.52 Å². The molecule has 0 aliphatic carbocycles. The van der Waals surface area contributed by atoms with Crippen molar-refractivity contribution in [3.8, 4) is 0 Å². The Bertz CT molecular complexity index is 621. The molecule has 0 aliphatic heterocycles. The Labute approximate surface area is 99.1 Å². The fourth-order valence-corrected chi connectivity index (χ4v) is 2.09. The van der Waals surface area contributed by atoms with E-state index in [1.165, 1.54) is 0 Å². The normalized spacial score (nSPS) is 12.8. The molecule has 1 heterocycles. The van der Waals surface area contributed by atoms with Crippen molar-refractivity contribution in [3.05, 3.63) is 72.2 Å². The molecule has 17 heavy (non-hydrogen) atoms. The van der Waals surface area contributed by atoms with Gasteiger partial charge in [-0.05, 0) is 28.5 Å². The zero-order valence-corrected chi connectivity index (χ0v) is 9.21. The highest BCUT2D eigenvalue weighted by atomic mass is 16.4. The molecule has 0 bridgehead atoms. The van der Waals surface area contributed by atoms with Crippen LogP contribution in [0.5, 0.6) is 0 Å². The Kier molecular flexibility index (Phi) is 2.42. The van der Waals surface area contributed by atoms with Crippen LogP contribution in [-0.4, -0.2) is 5.11 Å². The van der Waals surface area contributed by atoms with E-state index in [4.69, 9.17) is 4.42 Å². The van der Waals surface area contributed by atoms with Gasteiger partial charge in [0.1, 0.15) is 11.9 Å². The molecule has 0 fully saturated rings. The van der Waals surface area contributed by atoms with Gasteiger partial charge in [-0.3, -0.25) is 0 Å². The summed E-state index contributed by atoms with van der Waals surface area (Å²) in [6.45, 7) is 0. The van der Waals surface area contributed by atoms with Crippen LogP contribution in [0, 0.1) is 0 Å². The van der Waals surface area contributed by atoms with Crippen LogP contribution in [0.1, 0.15) is 17.4 Å². The van der Waals surface area contributed by atoms with Crippen molar-refractivity contribution in [3.63, 3.8) is 0 Å². The summed E-state index contributed by atoms with van der Waals surface area (Å²) in [5.41, 5.74) is 0.873. The molecule has 0 aliphatic rings. The van der Waals surface area contributed by atoms with Gasteiger partial charge in [0.2, 0.25) is 0 Å². The Morgan fingerprint density at radius 1 is 0.882 bits per heavy atom. The van der Waals surface area contributed by atoms with Crippen molar-refractivity contribution in [2.24, 2.45) is 0 Å². The molecule has 2 heteroatoms. The average Bonchev–Trinajstić information content (AvgIpc) is 2.91. The lowest BCUT2D eigenvalue weighted by atomic mass is 9.99. The van der Waals surface area contributed by atoms with Crippen LogP contribution in [0.2, 0.25) is 0 Å². The van der Waals surface area contributed by atoms with Crippen molar-refractivity contribution in [2.75, 3.05) is 0 Å². The maximum absolute atomic E-state index is 10.3. The van der Waals surface area contributed by atoms with Gasteiger partial charge in [-0.1, -0.05) is 42.5 Å². The molecule has 2 aromatic carbocycles. The summed E-state index contributed by atoms with van der Waals surface area (Å²) in [5, 5.41) is 12.5. The van der Waals surface area contributed by atoms with Gasteiger partial charge in [-0.2, -0.15) is 0 Å². The van der Waals surface area contributed by atoms with E-state index in [1.54, 1.807) is 18.4 Å². The second kappa shape index (κ2) is 4.07. The smallest absolute Gasteiger partial charge is 0.137 e. The predicted octanol–water partition coefficient (Wildman–Crippen LogP) is 3.51. The lowest BCUT2D eigenvalue weighted by Crippen LogP contribution is -1.98. The largest absolute Gasteiger partial charge is 0.466 e. The second-order valence-electron chi connectivity index (χ2n) is 3.99. The number of furan rings is 1. The number of benzene rings is 2. The van der Waals surface area contributed by atoms with Crippen LogP contribution in [0.3, 0.4) is 0 Å². The van der Waals surface area contributed by atoms with E-state index in [9.17, 15) is 5.11 Å². The molecule has 1 N–H and O–H groups in total. The molecule has 0 amide bonds. The van der Waals surface area contributed by atoms with E-state index in [-0.39, 0.29) is 0 Å². The molecular formula is C15H12O2. The van der Waals surface area contributed by atoms with Gasteiger partial charge in [-0.25, -0.2) is 0 Å². The number of aliphatic hydroxyl groups is 1. The van der Waals surface area contributed by atoms with Crippen LogP contribution < -0.4 is 0 Å². The Morgan fingerprint density at radius 3 is 2.53 bits per heavy atom. The standard InChI is InChI=1S/C15H12O2/c16-15(14-9-4-10-17-14)13-8-3-6-11-5-1-2-7-12(11)13/h1-10,15-16H. The maximum atomic E-state index is 10.3. The van der Waals surface area contributed by atoms with Gasteiger partial charge >= 0.3 is 0 Å². The van der Waals surface area contributed by atoms with Gasteiger partial charge in [0.15, 0.2) is 0 Å². The van der Waals surface area contributed by atoms with E-state index in [0.717, 1.165) is 16.3 Å². The van der Waals surface area contributed by atoms with E-state index in [0.29, 0.717) is 5.76 Å². The molecule has 2 nitrogen and oxygen atoms in total. The van der Waals surface area contributed by atoms with Crippen LogP contribution in [0.4, 0.5) is 0 Å². The van der Waals surface area contributed by atoms with E-state index < -0.39 is 6.10 Å². The molecule has 3 rings (SSSR count). The molecular weight excluding hydrogens is 212 g/mol. The maximum Gasteiger partial charge on any atom is 0.137 e. The third-order valence-electron chi connectivity index (χ3n) is 2.93. The van der Waals surface area contributed by atoms with Crippen molar-refractivity contribution in [2.45, 2.75) is 6.10 Å². The topological polar surface area (TPSA) is 33.4 Å². The van der Waals surface area contributed by atoms with Crippen LogP contribution in [0.15, 0.2) is 65.3 Å². The fourth-order valence-electron chi connectivity index (χ4n) is 2.09. The summed E-state index contributed by atoms with van der Waals surface area (Å²) in [5.74, 6) is 0.571. The minimum Gasteiger partial charge on any atom is -0.466 e. The highest BCUT2D eigenvalue weighted by molar-refractivity contribution is 5.86. The summed E-state index contributed by atoms with van der Waals surface area (Å²) in [6, 6.07) is 17.5. The van der Waals surface area contributed by atoms with E-state index >= 15 is 0 Å². The zero-order chi connectivity index (χ0) is 11.7. The van der Waals surface area contributed by atoms with Crippen molar-refractivity contribution in [1.82, 2.24) is 0 Å². The molecule has 1 aromatic heterocycles. The van der Waals surface area contributed by atoms with Crippen LogP contribution in [-0.2, 0) is 0 Å². The predicted molar refractivity (Wildman–Crippen MR) is 66.7 cm³/mol. The highest BCUT2D eigenvalue weighted by Crippen LogP contribution is 2.28. The first-order chi connectivity index (χ1) is 8.36. The number of fused-ring (bicyclic) bond motifs is 1. The van der Waals surface area contributed by atoms with Crippen LogP contribution >= 0.6 is 0 Å². The van der Waals surface area contributed by atoms with Gasteiger partial charge in [0.25, 0.3) is 0 Å². The molecule has 0 saturated heterocycles. The monoisotopic (exact) mass is 224 g/mol. The molecule has 0 spiro atoms. The first kappa shape index (κ1) is 10.1. The lowest BCUT2D eigenvalue weighted by Gasteiger charge is -2.11. The Balaban J connectivity index is 2.17. The number of hydrogen-bond donors (Lipinski definition) is 1. The zero-order valence-electron chi connectivity index (χ0n) is 9.21. The third-order valence-corrected chi connectivity index (χ3v) is 2.93. The number of rotatable bonds is 2. The highest BCUT2D eigenvalue weighted by Gasteiger charge is 2.15. The summed E-state index contributed by atoms with van der Waals surface area (Å²) in [7, 11) is 0. The lowest BCUT2D eigenvalue weighted by molar-refractivity contribution is 0.191. The average molecular weight is 224 g/mol. The van der Waals surface area contributed by atoms with Crippen molar-refractivity contribution >= 4 is 10.8 Å². The van der Waals surface area contributed by atoms with Gasteiger partial charge in [-0.15, -0.1) is 0 Å². The quantitative estimate of drug-likeness (QED) is 0.722. The first-order valence-corrected chi connectivity index (χ1v) is 5.55. The Morgan fingerprint density at radius 2 is 1.71 bits per heavy atom. The Hall–Kier alpha value is -2.06.